The van der Waals surface area contributed by atoms with Crippen molar-refractivity contribution in [3.63, 3.8) is 0 Å². The lowest BCUT2D eigenvalue weighted by Gasteiger charge is -2.12. The van der Waals surface area contributed by atoms with E-state index in [9.17, 15) is 0 Å². The lowest BCUT2D eigenvalue weighted by molar-refractivity contribution is 1.07. The average molecular weight is 768 g/mol. The molecule has 0 bridgehead atoms. The first-order chi connectivity index (χ1) is 29.7. The lowest BCUT2D eigenvalue weighted by atomic mass is 9.98. The Morgan fingerprint density at radius 2 is 0.433 bits per heavy atom. The minimum Gasteiger partial charge on any atom is -0.228 e. The molecule has 0 amide bonds. The summed E-state index contributed by atoms with van der Waals surface area (Å²) < 4.78 is 0. The van der Waals surface area contributed by atoms with Gasteiger partial charge in [-0.2, -0.15) is 0 Å². The Morgan fingerprint density at radius 1 is 0.167 bits per heavy atom. The van der Waals surface area contributed by atoms with Crippen molar-refractivity contribution in [3.8, 4) is 101 Å². The zero-order valence-corrected chi connectivity index (χ0v) is 32.6. The van der Waals surface area contributed by atoms with E-state index in [2.05, 4.69) is 164 Å². The van der Waals surface area contributed by atoms with Crippen LogP contribution in [0.2, 0.25) is 0 Å². The van der Waals surface area contributed by atoms with E-state index in [1.807, 2.05) is 60.7 Å². The molecule has 0 aliphatic carbocycles. The van der Waals surface area contributed by atoms with Gasteiger partial charge in [0, 0.05) is 33.4 Å². The van der Waals surface area contributed by atoms with Gasteiger partial charge in [0.1, 0.15) is 0 Å². The average Bonchev–Trinajstić information content (AvgIpc) is 3.35. The summed E-state index contributed by atoms with van der Waals surface area (Å²) in [7, 11) is 0. The van der Waals surface area contributed by atoms with Gasteiger partial charge in [0.05, 0.1) is 11.4 Å². The van der Waals surface area contributed by atoms with E-state index >= 15 is 0 Å². The Bertz CT molecular complexity index is 3060. The predicted molar refractivity (Wildman–Crippen MR) is 244 cm³/mol. The maximum Gasteiger partial charge on any atom is 0.164 e. The molecule has 0 saturated heterocycles. The van der Waals surface area contributed by atoms with Crippen molar-refractivity contribution in [1.82, 2.24) is 24.9 Å². The topological polar surface area (TPSA) is 64.5 Å². The summed E-state index contributed by atoms with van der Waals surface area (Å²) in [6.07, 6.45) is 0. The Hall–Kier alpha value is -8.15. The molecule has 0 saturated carbocycles. The normalized spacial score (nSPS) is 11.0. The molecule has 282 valence electrons. The van der Waals surface area contributed by atoms with Crippen LogP contribution in [-0.2, 0) is 0 Å². The van der Waals surface area contributed by atoms with Gasteiger partial charge in [0.2, 0.25) is 0 Å². The van der Waals surface area contributed by atoms with Gasteiger partial charge in [-0.3, -0.25) is 0 Å². The molecule has 10 rings (SSSR count). The zero-order valence-electron chi connectivity index (χ0n) is 32.6. The van der Waals surface area contributed by atoms with Gasteiger partial charge >= 0.3 is 0 Å². The third-order valence-corrected chi connectivity index (χ3v) is 10.6. The second-order valence-corrected chi connectivity index (χ2v) is 14.6. The molecular formula is C55H37N5. The van der Waals surface area contributed by atoms with Crippen molar-refractivity contribution in [2.75, 3.05) is 0 Å². The molecule has 10 aromatic rings. The minimum atomic E-state index is 0.613. The minimum absolute atomic E-state index is 0.613. The molecule has 0 spiro atoms. The van der Waals surface area contributed by atoms with E-state index in [1.54, 1.807) is 0 Å². The van der Waals surface area contributed by atoms with Gasteiger partial charge in [0.25, 0.3) is 0 Å². The number of hydrogen-bond donors (Lipinski definition) is 0. The molecule has 0 radical (unpaired) electrons. The predicted octanol–water partition coefficient (Wildman–Crippen LogP) is 13.7. The van der Waals surface area contributed by atoms with E-state index in [4.69, 9.17) is 24.9 Å². The highest BCUT2D eigenvalue weighted by atomic mass is 15.0. The summed E-state index contributed by atoms with van der Waals surface area (Å²) in [5.41, 5.74) is 14.2. The summed E-state index contributed by atoms with van der Waals surface area (Å²) in [4.78, 5) is 25.2. The van der Waals surface area contributed by atoms with Crippen LogP contribution in [0.3, 0.4) is 0 Å². The van der Waals surface area contributed by atoms with Crippen LogP contribution in [-0.4, -0.2) is 24.9 Å². The highest BCUT2D eigenvalue weighted by Gasteiger charge is 2.15. The standard InChI is InChI=1S/C55H37N5/c1-5-16-38(17-6-1)44-24-13-27-47(34-44)50-37-51(57-52(56-50)41-20-9-3-10-21-41)48-28-14-25-45(35-48)40-30-32-43(33-31-40)54-58-53(42-22-11-4-12-23-42)59-55(60-54)49-29-15-26-46(36-49)39-18-7-2-8-19-39/h1-37H. The first-order valence-electron chi connectivity index (χ1n) is 20.0. The summed E-state index contributed by atoms with van der Waals surface area (Å²) in [5, 5.41) is 0. The van der Waals surface area contributed by atoms with Crippen molar-refractivity contribution >= 4 is 0 Å². The molecule has 5 nitrogen and oxygen atoms in total. The molecular weight excluding hydrogens is 731 g/mol. The van der Waals surface area contributed by atoms with Gasteiger partial charge in [-0.25, -0.2) is 24.9 Å². The third-order valence-electron chi connectivity index (χ3n) is 10.6. The molecule has 2 heterocycles. The van der Waals surface area contributed by atoms with Crippen molar-refractivity contribution < 1.29 is 0 Å². The smallest absolute Gasteiger partial charge is 0.164 e. The SMILES string of the molecule is c1ccc(-c2cccc(-c3cc(-c4cccc(-c5ccc(-c6nc(-c7ccccc7)nc(-c7cccc(-c8ccccc8)c7)n6)cc5)c4)nc(-c4ccccc4)n3)c2)cc1. The summed E-state index contributed by atoms with van der Waals surface area (Å²) >= 11 is 0. The van der Waals surface area contributed by atoms with E-state index < -0.39 is 0 Å². The van der Waals surface area contributed by atoms with Crippen molar-refractivity contribution in [1.29, 1.82) is 0 Å². The fraction of sp³-hybridized carbons (Fsp3) is 0. The van der Waals surface area contributed by atoms with Crippen LogP contribution >= 0.6 is 0 Å². The molecule has 5 heteroatoms. The Labute approximate surface area is 349 Å². The van der Waals surface area contributed by atoms with Crippen LogP contribution in [0.4, 0.5) is 0 Å². The molecule has 8 aromatic carbocycles. The zero-order chi connectivity index (χ0) is 40.1. The van der Waals surface area contributed by atoms with E-state index in [0.29, 0.717) is 23.3 Å². The molecule has 60 heavy (non-hydrogen) atoms. The molecule has 0 atom stereocenters. The number of hydrogen-bond acceptors (Lipinski definition) is 5. The summed E-state index contributed by atoms with van der Waals surface area (Å²) in [6, 6.07) is 77.0. The van der Waals surface area contributed by atoms with E-state index in [1.165, 1.54) is 0 Å². The Morgan fingerprint density at radius 3 is 0.867 bits per heavy atom. The number of nitrogens with zero attached hydrogens (tertiary/aromatic N) is 5. The van der Waals surface area contributed by atoms with Crippen LogP contribution in [0.5, 0.6) is 0 Å². The molecule has 0 aliphatic rings. The molecule has 2 aromatic heterocycles. The number of rotatable bonds is 9. The Kier molecular flexibility index (Phi) is 9.88. The quantitative estimate of drug-likeness (QED) is 0.146. The van der Waals surface area contributed by atoms with Gasteiger partial charge < -0.3 is 0 Å². The molecule has 0 unspecified atom stereocenters. The van der Waals surface area contributed by atoms with Crippen LogP contribution in [0.15, 0.2) is 224 Å². The van der Waals surface area contributed by atoms with E-state index in [-0.39, 0.29) is 0 Å². The third kappa shape index (κ3) is 7.76. The fourth-order valence-electron chi connectivity index (χ4n) is 7.44. The molecule has 0 fully saturated rings. The lowest BCUT2D eigenvalue weighted by Crippen LogP contribution is -2.00. The summed E-state index contributed by atoms with van der Waals surface area (Å²) in [6.45, 7) is 0. The summed E-state index contributed by atoms with van der Waals surface area (Å²) in [5.74, 6) is 2.55. The van der Waals surface area contributed by atoms with Crippen molar-refractivity contribution in [2.24, 2.45) is 0 Å². The number of benzene rings is 8. The molecule has 0 N–H and O–H groups in total. The number of aromatic nitrogens is 5. The highest BCUT2D eigenvalue weighted by molar-refractivity contribution is 5.79. The Balaban J connectivity index is 1.00. The maximum absolute atomic E-state index is 5.12. The first kappa shape index (κ1) is 36.2. The van der Waals surface area contributed by atoms with Gasteiger partial charge in [0.15, 0.2) is 23.3 Å². The van der Waals surface area contributed by atoms with Gasteiger partial charge in [-0.1, -0.05) is 200 Å². The highest BCUT2D eigenvalue weighted by Crippen LogP contribution is 2.34. The second kappa shape index (κ2) is 16.4. The molecule has 0 aliphatic heterocycles. The van der Waals surface area contributed by atoms with Crippen LogP contribution in [0.1, 0.15) is 0 Å². The second-order valence-electron chi connectivity index (χ2n) is 14.6. The van der Waals surface area contributed by atoms with Gasteiger partial charge in [-0.15, -0.1) is 0 Å². The van der Waals surface area contributed by atoms with Crippen LogP contribution in [0.25, 0.3) is 101 Å². The first-order valence-corrected chi connectivity index (χ1v) is 20.0. The monoisotopic (exact) mass is 767 g/mol. The van der Waals surface area contributed by atoms with Gasteiger partial charge in [-0.05, 0) is 57.6 Å². The van der Waals surface area contributed by atoms with Crippen LogP contribution in [0, 0.1) is 0 Å². The van der Waals surface area contributed by atoms with Crippen molar-refractivity contribution in [2.45, 2.75) is 0 Å². The van der Waals surface area contributed by atoms with Crippen molar-refractivity contribution in [3.05, 3.63) is 224 Å². The van der Waals surface area contributed by atoms with E-state index in [0.717, 1.165) is 78.1 Å². The maximum atomic E-state index is 5.12. The van der Waals surface area contributed by atoms with Crippen LogP contribution < -0.4 is 0 Å². The largest absolute Gasteiger partial charge is 0.228 e. The fourth-order valence-corrected chi connectivity index (χ4v) is 7.44.